The Morgan fingerprint density at radius 2 is 2.00 bits per heavy atom. The topological polar surface area (TPSA) is 35.2 Å². The van der Waals surface area contributed by atoms with E-state index in [2.05, 4.69) is 20.8 Å². The molecule has 1 rings (SSSR count). The Bertz CT molecular complexity index is 166. The molecule has 0 aliphatic heterocycles. The maximum absolute atomic E-state index is 6.14. The van der Waals surface area contributed by atoms with Crippen molar-refractivity contribution in [2.45, 2.75) is 65.0 Å². The van der Waals surface area contributed by atoms with Crippen molar-refractivity contribution in [2.24, 2.45) is 17.6 Å². The van der Waals surface area contributed by atoms with Crippen molar-refractivity contribution in [3.63, 3.8) is 0 Å². The van der Waals surface area contributed by atoms with Crippen molar-refractivity contribution in [2.75, 3.05) is 6.61 Å². The van der Waals surface area contributed by atoms with Gasteiger partial charge in [0.05, 0.1) is 6.10 Å². The van der Waals surface area contributed by atoms with Crippen molar-refractivity contribution in [1.29, 1.82) is 0 Å². The van der Waals surface area contributed by atoms with Crippen LogP contribution in [0.3, 0.4) is 0 Å². The third-order valence-electron chi connectivity index (χ3n) is 3.63. The van der Waals surface area contributed by atoms with Gasteiger partial charge < -0.3 is 10.5 Å². The van der Waals surface area contributed by atoms with Crippen molar-refractivity contribution in [3.8, 4) is 0 Å². The lowest BCUT2D eigenvalue weighted by molar-refractivity contribution is -0.0285. The first-order valence-corrected chi connectivity index (χ1v) is 6.52. The van der Waals surface area contributed by atoms with Gasteiger partial charge in [-0.2, -0.15) is 0 Å². The van der Waals surface area contributed by atoms with E-state index < -0.39 is 0 Å². The molecule has 0 aromatic rings. The van der Waals surface area contributed by atoms with Crippen LogP contribution >= 0.6 is 0 Å². The SMILES string of the molecule is CCOC1CC(CC(N)CC(C)CC)C1. The van der Waals surface area contributed by atoms with Gasteiger partial charge in [0.2, 0.25) is 0 Å². The second-order valence-corrected chi connectivity index (χ2v) is 5.16. The molecule has 0 radical (unpaired) electrons. The van der Waals surface area contributed by atoms with Gasteiger partial charge in [-0.1, -0.05) is 20.3 Å². The Kier molecular flexibility index (Phi) is 5.62. The van der Waals surface area contributed by atoms with E-state index in [1.165, 1.54) is 32.1 Å². The van der Waals surface area contributed by atoms with Gasteiger partial charge in [-0.15, -0.1) is 0 Å². The van der Waals surface area contributed by atoms with E-state index in [1.54, 1.807) is 0 Å². The monoisotopic (exact) mass is 213 g/mol. The van der Waals surface area contributed by atoms with Crippen molar-refractivity contribution in [1.82, 2.24) is 0 Å². The molecule has 1 fully saturated rings. The third-order valence-corrected chi connectivity index (χ3v) is 3.63. The highest BCUT2D eigenvalue weighted by Crippen LogP contribution is 2.34. The Balaban J connectivity index is 2.05. The molecule has 2 N–H and O–H groups in total. The summed E-state index contributed by atoms with van der Waals surface area (Å²) in [7, 11) is 0. The van der Waals surface area contributed by atoms with Gasteiger partial charge in [-0.05, 0) is 44.4 Å². The van der Waals surface area contributed by atoms with Crippen LogP contribution in [0.15, 0.2) is 0 Å². The summed E-state index contributed by atoms with van der Waals surface area (Å²) in [6.07, 6.45) is 6.65. The Morgan fingerprint density at radius 1 is 1.33 bits per heavy atom. The largest absolute Gasteiger partial charge is 0.378 e. The van der Waals surface area contributed by atoms with Crippen molar-refractivity contribution < 1.29 is 4.74 Å². The van der Waals surface area contributed by atoms with Crippen LogP contribution in [-0.2, 0) is 4.74 Å². The standard InChI is InChI=1S/C13H27NO/c1-4-10(3)6-12(14)7-11-8-13(9-11)15-5-2/h10-13H,4-9,14H2,1-3H3. The van der Waals surface area contributed by atoms with Crippen LogP contribution in [-0.4, -0.2) is 18.8 Å². The molecule has 2 unspecified atom stereocenters. The number of hydrogen-bond acceptors (Lipinski definition) is 2. The van der Waals surface area contributed by atoms with E-state index in [0.29, 0.717) is 12.1 Å². The predicted molar refractivity (Wildman–Crippen MR) is 64.8 cm³/mol. The zero-order valence-electron chi connectivity index (χ0n) is 10.5. The Labute approximate surface area is 94.6 Å². The van der Waals surface area contributed by atoms with Crippen LogP contribution in [0.1, 0.15) is 52.9 Å². The molecular formula is C13H27NO. The second-order valence-electron chi connectivity index (χ2n) is 5.16. The highest BCUT2D eigenvalue weighted by atomic mass is 16.5. The molecule has 90 valence electrons. The van der Waals surface area contributed by atoms with Gasteiger partial charge in [0.25, 0.3) is 0 Å². The molecule has 1 saturated carbocycles. The lowest BCUT2D eigenvalue weighted by atomic mass is 9.77. The molecule has 0 spiro atoms. The summed E-state index contributed by atoms with van der Waals surface area (Å²) in [5.74, 6) is 1.61. The van der Waals surface area contributed by atoms with E-state index in [9.17, 15) is 0 Å². The quantitative estimate of drug-likeness (QED) is 0.705. The summed E-state index contributed by atoms with van der Waals surface area (Å²) in [5.41, 5.74) is 6.14. The van der Waals surface area contributed by atoms with Gasteiger partial charge in [-0.25, -0.2) is 0 Å². The first kappa shape index (κ1) is 13.0. The maximum atomic E-state index is 6.14. The number of ether oxygens (including phenoxy) is 1. The highest BCUT2D eigenvalue weighted by molar-refractivity contribution is 4.83. The molecule has 0 aromatic carbocycles. The van der Waals surface area contributed by atoms with E-state index in [4.69, 9.17) is 10.5 Å². The van der Waals surface area contributed by atoms with Crippen LogP contribution in [0.25, 0.3) is 0 Å². The fraction of sp³-hybridized carbons (Fsp3) is 1.00. The van der Waals surface area contributed by atoms with Gasteiger partial charge in [-0.3, -0.25) is 0 Å². The predicted octanol–water partition coefficient (Wildman–Crippen LogP) is 2.96. The summed E-state index contributed by atoms with van der Waals surface area (Å²) in [6, 6.07) is 0.410. The Hall–Kier alpha value is -0.0800. The zero-order chi connectivity index (χ0) is 11.3. The lowest BCUT2D eigenvalue weighted by Gasteiger charge is -2.36. The highest BCUT2D eigenvalue weighted by Gasteiger charge is 2.30. The minimum Gasteiger partial charge on any atom is -0.378 e. The minimum atomic E-state index is 0.410. The Morgan fingerprint density at radius 3 is 2.53 bits per heavy atom. The van der Waals surface area contributed by atoms with E-state index in [0.717, 1.165) is 18.4 Å². The molecule has 0 amide bonds. The lowest BCUT2D eigenvalue weighted by Crippen LogP contribution is -2.36. The summed E-state index contributed by atoms with van der Waals surface area (Å²) < 4.78 is 5.55. The summed E-state index contributed by atoms with van der Waals surface area (Å²) >= 11 is 0. The van der Waals surface area contributed by atoms with Gasteiger partial charge in [0.1, 0.15) is 0 Å². The van der Waals surface area contributed by atoms with Gasteiger partial charge >= 0.3 is 0 Å². The fourth-order valence-corrected chi connectivity index (χ4v) is 2.45. The molecule has 0 heterocycles. The third kappa shape index (κ3) is 4.52. The van der Waals surface area contributed by atoms with Crippen LogP contribution in [0.5, 0.6) is 0 Å². The van der Waals surface area contributed by atoms with Crippen LogP contribution < -0.4 is 5.73 Å². The van der Waals surface area contributed by atoms with Crippen molar-refractivity contribution >= 4 is 0 Å². The number of hydrogen-bond donors (Lipinski definition) is 1. The summed E-state index contributed by atoms with van der Waals surface area (Å²) in [4.78, 5) is 0. The maximum Gasteiger partial charge on any atom is 0.0580 e. The minimum absolute atomic E-state index is 0.410. The molecule has 2 heteroatoms. The molecule has 0 aromatic heterocycles. The fourth-order valence-electron chi connectivity index (χ4n) is 2.45. The van der Waals surface area contributed by atoms with Crippen LogP contribution in [0.2, 0.25) is 0 Å². The molecule has 15 heavy (non-hydrogen) atoms. The smallest absolute Gasteiger partial charge is 0.0580 e. The summed E-state index contributed by atoms with van der Waals surface area (Å²) in [6.45, 7) is 7.47. The van der Waals surface area contributed by atoms with Crippen LogP contribution in [0, 0.1) is 11.8 Å². The average Bonchev–Trinajstić information content (AvgIpc) is 2.14. The second kappa shape index (κ2) is 6.49. The first-order chi connectivity index (χ1) is 7.15. The molecule has 1 aliphatic rings. The van der Waals surface area contributed by atoms with E-state index >= 15 is 0 Å². The number of nitrogens with two attached hydrogens (primary N) is 1. The molecule has 2 nitrogen and oxygen atoms in total. The van der Waals surface area contributed by atoms with Gasteiger partial charge in [0, 0.05) is 12.6 Å². The normalized spacial score (nSPS) is 29.6. The van der Waals surface area contributed by atoms with Crippen molar-refractivity contribution in [3.05, 3.63) is 0 Å². The first-order valence-electron chi connectivity index (χ1n) is 6.52. The molecule has 0 saturated heterocycles. The zero-order valence-corrected chi connectivity index (χ0v) is 10.5. The number of rotatable bonds is 7. The van der Waals surface area contributed by atoms with Gasteiger partial charge in [0.15, 0.2) is 0 Å². The van der Waals surface area contributed by atoms with Crippen LogP contribution in [0.4, 0.5) is 0 Å². The molecule has 2 atom stereocenters. The van der Waals surface area contributed by atoms with E-state index in [1.807, 2.05) is 0 Å². The molecule has 0 bridgehead atoms. The molecule has 1 aliphatic carbocycles. The van der Waals surface area contributed by atoms with E-state index in [-0.39, 0.29) is 0 Å². The molecular weight excluding hydrogens is 186 g/mol. The summed E-state index contributed by atoms with van der Waals surface area (Å²) in [5, 5.41) is 0. The average molecular weight is 213 g/mol.